The molecule has 0 radical (unpaired) electrons. The van der Waals surface area contributed by atoms with Crippen LogP contribution >= 0.6 is 0 Å². The van der Waals surface area contributed by atoms with Crippen LogP contribution in [0.1, 0.15) is 55.0 Å². The summed E-state index contributed by atoms with van der Waals surface area (Å²) < 4.78 is 0. The largest absolute Gasteiger partial charge is 0.371 e. The second-order valence-electron chi connectivity index (χ2n) is 7.70. The Morgan fingerprint density at radius 3 is 2.70 bits per heavy atom. The highest BCUT2D eigenvalue weighted by atomic mass is 16.1. The number of hydrogen-bond acceptors (Lipinski definition) is 3. The van der Waals surface area contributed by atoms with Crippen molar-refractivity contribution in [2.75, 3.05) is 23.3 Å². The molecule has 0 fully saturated rings. The Labute approximate surface area is 162 Å². The summed E-state index contributed by atoms with van der Waals surface area (Å²) in [5.41, 5.74) is 7.73. The predicted molar refractivity (Wildman–Crippen MR) is 110 cm³/mol. The van der Waals surface area contributed by atoms with Crippen molar-refractivity contribution in [3.63, 3.8) is 0 Å². The molecule has 142 valence electrons. The topological polar surface area (TPSA) is 45.2 Å². The second kappa shape index (κ2) is 8.12. The molecule has 0 aliphatic carbocycles. The maximum atomic E-state index is 12.3. The fraction of sp³-hybridized carbons (Fsp3) is 0.478. The van der Waals surface area contributed by atoms with Crippen molar-refractivity contribution in [1.82, 2.24) is 4.98 Å². The summed E-state index contributed by atoms with van der Waals surface area (Å²) in [4.78, 5) is 19.6. The minimum Gasteiger partial charge on any atom is -0.371 e. The first-order valence-corrected chi connectivity index (χ1v) is 10.4. The van der Waals surface area contributed by atoms with Crippen LogP contribution in [0.25, 0.3) is 0 Å². The minimum atomic E-state index is 0.0903. The van der Waals surface area contributed by atoms with Gasteiger partial charge in [-0.25, -0.2) is 0 Å². The molecule has 3 heterocycles. The van der Waals surface area contributed by atoms with Gasteiger partial charge in [0.1, 0.15) is 0 Å². The van der Waals surface area contributed by atoms with Crippen LogP contribution in [0.3, 0.4) is 0 Å². The first-order chi connectivity index (χ1) is 13.2. The van der Waals surface area contributed by atoms with Crippen LogP contribution in [-0.2, 0) is 30.5 Å². The zero-order valence-corrected chi connectivity index (χ0v) is 16.3. The van der Waals surface area contributed by atoms with Gasteiger partial charge in [0.25, 0.3) is 0 Å². The van der Waals surface area contributed by atoms with E-state index in [4.69, 9.17) is 4.98 Å². The van der Waals surface area contributed by atoms with Gasteiger partial charge in [0.05, 0.1) is 0 Å². The van der Waals surface area contributed by atoms with Crippen molar-refractivity contribution >= 4 is 17.3 Å². The van der Waals surface area contributed by atoms with Gasteiger partial charge in [0, 0.05) is 42.8 Å². The Bertz CT molecular complexity index is 811. The highest BCUT2D eigenvalue weighted by Gasteiger charge is 2.26. The van der Waals surface area contributed by atoms with E-state index in [1.54, 1.807) is 0 Å². The van der Waals surface area contributed by atoms with Crippen LogP contribution in [0, 0.1) is 0 Å². The van der Waals surface area contributed by atoms with Gasteiger partial charge in [0.15, 0.2) is 0 Å². The molecular weight excluding hydrogens is 334 g/mol. The van der Waals surface area contributed by atoms with E-state index in [0.717, 1.165) is 37.8 Å². The average Bonchev–Trinajstić information content (AvgIpc) is 2.70. The first kappa shape index (κ1) is 18.0. The quantitative estimate of drug-likeness (QED) is 0.832. The fourth-order valence-corrected chi connectivity index (χ4v) is 4.39. The van der Waals surface area contributed by atoms with Gasteiger partial charge in [-0.15, -0.1) is 0 Å². The number of anilines is 2. The molecular formula is C23H29N3O. The van der Waals surface area contributed by atoms with Crippen molar-refractivity contribution in [2.45, 2.75) is 58.3 Å². The normalized spacial score (nSPS) is 15.4. The lowest BCUT2D eigenvalue weighted by Gasteiger charge is -2.37. The first-order valence-electron chi connectivity index (χ1n) is 10.4. The highest BCUT2D eigenvalue weighted by Crippen LogP contribution is 2.36. The second-order valence-corrected chi connectivity index (χ2v) is 7.70. The molecule has 0 bridgehead atoms. The Morgan fingerprint density at radius 2 is 1.93 bits per heavy atom. The van der Waals surface area contributed by atoms with Crippen LogP contribution < -0.4 is 10.2 Å². The van der Waals surface area contributed by atoms with Crippen molar-refractivity contribution in [3.05, 3.63) is 52.8 Å². The number of carbonyl (C=O) groups excluding carboxylic acids is 1. The van der Waals surface area contributed by atoms with Crippen LogP contribution in [0.2, 0.25) is 0 Å². The third-order valence-electron chi connectivity index (χ3n) is 5.82. The molecule has 1 aromatic heterocycles. The minimum absolute atomic E-state index is 0.0903. The Kier molecular flexibility index (Phi) is 5.42. The number of pyridine rings is 1. The predicted octanol–water partition coefficient (Wildman–Crippen LogP) is 4.30. The smallest absolute Gasteiger partial charge is 0.224 e. The summed E-state index contributed by atoms with van der Waals surface area (Å²) in [6.45, 7) is 4.50. The van der Waals surface area contributed by atoms with E-state index in [1.165, 1.54) is 54.0 Å². The molecule has 0 unspecified atom stereocenters. The molecule has 27 heavy (non-hydrogen) atoms. The van der Waals surface area contributed by atoms with E-state index in [9.17, 15) is 4.79 Å². The van der Waals surface area contributed by atoms with E-state index in [2.05, 4.69) is 35.5 Å². The highest BCUT2D eigenvalue weighted by molar-refractivity contribution is 5.90. The molecule has 0 atom stereocenters. The lowest BCUT2D eigenvalue weighted by atomic mass is 9.91. The summed E-state index contributed by atoms with van der Waals surface area (Å²) in [7, 11) is 0. The number of aryl methyl sites for hydroxylation is 3. The summed E-state index contributed by atoms with van der Waals surface area (Å²) in [6, 6.07) is 8.12. The molecule has 1 aromatic carbocycles. The number of aromatic nitrogens is 1. The van der Waals surface area contributed by atoms with Gasteiger partial charge in [0.2, 0.25) is 5.91 Å². The lowest BCUT2D eigenvalue weighted by Crippen LogP contribution is -2.35. The van der Waals surface area contributed by atoms with Crippen molar-refractivity contribution in [2.24, 2.45) is 0 Å². The molecule has 4 heteroatoms. The van der Waals surface area contributed by atoms with Crippen LogP contribution in [0.15, 0.2) is 30.5 Å². The summed E-state index contributed by atoms with van der Waals surface area (Å²) in [5, 5.41) is 3.01. The molecule has 0 saturated heterocycles. The van der Waals surface area contributed by atoms with Crippen LogP contribution in [-0.4, -0.2) is 24.0 Å². The Balaban J connectivity index is 1.35. The van der Waals surface area contributed by atoms with Gasteiger partial charge >= 0.3 is 0 Å². The van der Waals surface area contributed by atoms with Crippen molar-refractivity contribution in [1.29, 1.82) is 0 Å². The standard InChI is InChI=1S/C23H29N3O/c1-2-17-10-12-19(13-11-17)25-22(27)9-3-8-21-20-7-5-15-26-14-4-6-18(16-24-21)23(20)26/h10-13,16H,2-9,14-15H2,1H3,(H,25,27). The molecule has 0 spiro atoms. The Morgan fingerprint density at radius 1 is 1.15 bits per heavy atom. The van der Waals surface area contributed by atoms with E-state index < -0.39 is 0 Å². The molecule has 1 amide bonds. The number of nitrogens with zero attached hydrogens (tertiary/aromatic N) is 2. The van der Waals surface area contributed by atoms with Gasteiger partial charge in [-0.2, -0.15) is 0 Å². The van der Waals surface area contributed by atoms with E-state index in [1.807, 2.05) is 12.1 Å². The lowest BCUT2D eigenvalue weighted by molar-refractivity contribution is -0.116. The third-order valence-corrected chi connectivity index (χ3v) is 5.82. The Hall–Kier alpha value is -2.36. The van der Waals surface area contributed by atoms with Gasteiger partial charge in [-0.05, 0) is 73.8 Å². The van der Waals surface area contributed by atoms with Gasteiger partial charge < -0.3 is 10.2 Å². The molecule has 4 rings (SSSR count). The monoisotopic (exact) mass is 363 g/mol. The molecule has 2 aliphatic rings. The SMILES string of the molecule is CCc1ccc(NC(=O)CCCc2ncc3c4c2CCCN4CCC3)cc1. The fourth-order valence-electron chi connectivity index (χ4n) is 4.39. The molecule has 4 nitrogen and oxygen atoms in total. The molecule has 0 saturated carbocycles. The number of amides is 1. The third kappa shape index (κ3) is 4.00. The van der Waals surface area contributed by atoms with Crippen molar-refractivity contribution < 1.29 is 4.79 Å². The number of carbonyl (C=O) groups is 1. The van der Waals surface area contributed by atoms with Gasteiger partial charge in [-0.1, -0.05) is 19.1 Å². The van der Waals surface area contributed by atoms with Gasteiger partial charge in [-0.3, -0.25) is 9.78 Å². The maximum Gasteiger partial charge on any atom is 0.224 e. The van der Waals surface area contributed by atoms with E-state index in [-0.39, 0.29) is 5.91 Å². The summed E-state index contributed by atoms with van der Waals surface area (Å²) in [6.07, 6.45) is 10.1. The number of hydrogen-bond donors (Lipinski definition) is 1. The van der Waals surface area contributed by atoms with Crippen LogP contribution in [0.4, 0.5) is 11.4 Å². The number of benzene rings is 1. The average molecular weight is 364 g/mol. The number of nitrogens with one attached hydrogen (secondary N) is 1. The summed E-state index contributed by atoms with van der Waals surface area (Å²) in [5.74, 6) is 0.0903. The van der Waals surface area contributed by atoms with Crippen molar-refractivity contribution in [3.8, 4) is 0 Å². The molecule has 2 aromatic rings. The maximum absolute atomic E-state index is 12.3. The number of rotatable bonds is 6. The molecule has 2 aliphatic heterocycles. The molecule has 1 N–H and O–H groups in total. The van der Waals surface area contributed by atoms with E-state index in [0.29, 0.717) is 6.42 Å². The summed E-state index contributed by atoms with van der Waals surface area (Å²) >= 11 is 0. The van der Waals surface area contributed by atoms with Crippen LogP contribution in [0.5, 0.6) is 0 Å². The van der Waals surface area contributed by atoms with E-state index >= 15 is 0 Å². The zero-order chi connectivity index (χ0) is 18.6. The zero-order valence-electron chi connectivity index (χ0n) is 16.3.